The van der Waals surface area contributed by atoms with E-state index in [1.807, 2.05) is 44.2 Å². The summed E-state index contributed by atoms with van der Waals surface area (Å²) in [6, 6.07) is 14.2. The number of rotatable bonds is 5. The summed E-state index contributed by atoms with van der Waals surface area (Å²) >= 11 is 0. The monoisotopic (exact) mass is 299 g/mol. The molecule has 0 bridgehead atoms. The van der Waals surface area contributed by atoms with Crippen molar-refractivity contribution in [3.8, 4) is 0 Å². The number of pyridine rings is 1. The lowest BCUT2D eigenvalue weighted by Crippen LogP contribution is -2.46. The molecule has 1 aliphatic rings. The van der Waals surface area contributed by atoms with Crippen molar-refractivity contribution in [2.75, 3.05) is 17.2 Å². The Kier molecular flexibility index (Phi) is 4.27. The van der Waals surface area contributed by atoms with E-state index in [9.17, 15) is 0 Å². The molecule has 1 fully saturated rings. The minimum Gasteiger partial charge on any atom is -0.382 e. The fourth-order valence-electron chi connectivity index (χ4n) is 2.59. The molecule has 1 aliphatic heterocycles. The fraction of sp³-hybridized carbons (Fsp3) is 0.353. The average Bonchev–Trinajstić information content (AvgIpc) is 2.46. The first-order valence-corrected chi connectivity index (χ1v) is 7.45. The van der Waals surface area contributed by atoms with E-state index in [0.717, 1.165) is 17.9 Å². The Labute approximate surface area is 130 Å². The molecule has 0 atom stereocenters. The van der Waals surface area contributed by atoms with Crippen molar-refractivity contribution in [2.24, 2.45) is 0 Å². The first-order chi connectivity index (χ1) is 10.6. The minimum absolute atomic E-state index is 0.128. The molecule has 1 aromatic carbocycles. The van der Waals surface area contributed by atoms with E-state index in [1.165, 1.54) is 5.56 Å². The number of hydrogen-bond acceptors (Lipinski definition) is 5. The summed E-state index contributed by atoms with van der Waals surface area (Å²) in [5.74, 6) is 0.531. The molecule has 0 saturated carbocycles. The highest BCUT2D eigenvalue weighted by atomic mass is 16.9. The molecule has 1 aromatic heterocycles. The van der Waals surface area contributed by atoms with E-state index in [0.29, 0.717) is 12.4 Å². The van der Waals surface area contributed by atoms with Crippen molar-refractivity contribution in [2.45, 2.75) is 33.0 Å². The predicted molar refractivity (Wildman–Crippen MR) is 86.3 cm³/mol. The maximum Gasteiger partial charge on any atom is 0.181 e. The minimum atomic E-state index is -0.223. The van der Waals surface area contributed by atoms with Gasteiger partial charge in [-0.2, -0.15) is 0 Å². The van der Waals surface area contributed by atoms with Crippen molar-refractivity contribution < 1.29 is 9.47 Å². The Morgan fingerprint density at radius 2 is 1.86 bits per heavy atom. The number of ether oxygens (including phenoxy) is 2. The Hall–Kier alpha value is -2.11. The molecular weight excluding hydrogens is 278 g/mol. The second-order valence-electron chi connectivity index (χ2n) is 5.49. The second kappa shape index (κ2) is 6.34. The molecule has 5 heteroatoms. The number of hydrogen-bond donors (Lipinski definition) is 1. The third-order valence-corrected chi connectivity index (χ3v) is 3.65. The zero-order chi connectivity index (χ0) is 15.5. The van der Waals surface area contributed by atoms with E-state index < -0.39 is 0 Å². The second-order valence-corrected chi connectivity index (χ2v) is 5.49. The van der Waals surface area contributed by atoms with Gasteiger partial charge in [0, 0.05) is 12.2 Å². The molecule has 5 nitrogen and oxygen atoms in total. The van der Waals surface area contributed by atoms with E-state index in [4.69, 9.17) is 15.2 Å². The standard InChI is InChI=1S/C17H21N3O2/c1-12-8-9-15(17(18)19-12)20(11-16-21-13(2)22-16)10-14-6-4-3-5-7-14/h3-9,13,16H,10-11H2,1-2H3,(H2,18,19). The van der Waals surface area contributed by atoms with Gasteiger partial charge in [-0.3, -0.25) is 0 Å². The van der Waals surface area contributed by atoms with E-state index in [2.05, 4.69) is 22.0 Å². The lowest BCUT2D eigenvalue weighted by molar-refractivity contribution is -0.370. The average molecular weight is 299 g/mol. The van der Waals surface area contributed by atoms with Crippen LogP contribution in [0.5, 0.6) is 0 Å². The summed E-state index contributed by atoms with van der Waals surface area (Å²) in [6.07, 6.45) is -0.350. The van der Waals surface area contributed by atoms with Crippen LogP contribution in [0.1, 0.15) is 18.2 Å². The molecule has 2 N–H and O–H groups in total. The Morgan fingerprint density at radius 1 is 1.14 bits per heavy atom. The lowest BCUT2D eigenvalue weighted by Gasteiger charge is -2.38. The molecule has 22 heavy (non-hydrogen) atoms. The number of aryl methyl sites for hydroxylation is 1. The van der Waals surface area contributed by atoms with E-state index in [1.54, 1.807) is 0 Å². The summed E-state index contributed by atoms with van der Waals surface area (Å²) < 4.78 is 11.1. The molecular formula is C17H21N3O2. The van der Waals surface area contributed by atoms with Crippen molar-refractivity contribution in [3.05, 3.63) is 53.7 Å². The van der Waals surface area contributed by atoms with Crippen LogP contribution in [0.3, 0.4) is 0 Å². The van der Waals surface area contributed by atoms with Crippen molar-refractivity contribution >= 4 is 11.5 Å². The maximum absolute atomic E-state index is 6.10. The molecule has 0 radical (unpaired) electrons. The van der Waals surface area contributed by atoms with Crippen molar-refractivity contribution in [1.29, 1.82) is 0 Å². The summed E-state index contributed by atoms with van der Waals surface area (Å²) in [5.41, 5.74) is 9.12. The first-order valence-electron chi connectivity index (χ1n) is 7.45. The van der Waals surface area contributed by atoms with Crippen molar-refractivity contribution in [1.82, 2.24) is 4.98 Å². The van der Waals surface area contributed by atoms with Crippen molar-refractivity contribution in [3.63, 3.8) is 0 Å². The van der Waals surface area contributed by atoms with Gasteiger partial charge >= 0.3 is 0 Å². The lowest BCUT2D eigenvalue weighted by atomic mass is 10.2. The zero-order valence-corrected chi connectivity index (χ0v) is 12.9. The Bertz CT molecular complexity index is 627. The molecule has 116 valence electrons. The van der Waals surface area contributed by atoms with Crippen LogP contribution in [-0.4, -0.2) is 24.1 Å². The molecule has 0 unspecified atom stereocenters. The fourth-order valence-corrected chi connectivity index (χ4v) is 2.59. The molecule has 3 rings (SSSR count). The molecule has 2 aromatic rings. The summed E-state index contributed by atoms with van der Waals surface area (Å²) in [7, 11) is 0. The number of nitrogens with zero attached hydrogens (tertiary/aromatic N) is 2. The highest BCUT2D eigenvalue weighted by molar-refractivity contribution is 5.63. The maximum atomic E-state index is 6.10. The molecule has 0 amide bonds. The normalized spacial score (nSPS) is 20.5. The number of nitrogen functional groups attached to an aromatic ring is 1. The van der Waals surface area contributed by atoms with Crippen LogP contribution >= 0.6 is 0 Å². The van der Waals surface area contributed by atoms with Crippen LogP contribution in [0.2, 0.25) is 0 Å². The van der Waals surface area contributed by atoms with Crippen LogP contribution in [0.4, 0.5) is 11.5 Å². The summed E-state index contributed by atoms with van der Waals surface area (Å²) in [6.45, 7) is 5.17. The van der Waals surface area contributed by atoms with Gasteiger partial charge < -0.3 is 20.1 Å². The summed E-state index contributed by atoms with van der Waals surface area (Å²) in [5, 5.41) is 0. The number of anilines is 2. The quantitative estimate of drug-likeness (QED) is 0.920. The van der Waals surface area contributed by atoms with Crippen LogP contribution in [0, 0.1) is 6.92 Å². The zero-order valence-electron chi connectivity index (χ0n) is 12.9. The third kappa shape index (κ3) is 3.37. The molecule has 2 heterocycles. The van der Waals surface area contributed by atoms with Gasteiger partial charge in [-0.05, 0) is 31.5 Å². The predicted octanol–water partition coefficient (Wildman–Crippen LogP) is 2.70. The van der Waals surface area contributed by atoms with Crippen LogP contribution < -0.4 is 10.6 Å². The number of aromatic nitrogens is 1. The van der Waals surface area contributed by atoms with Gasteiger partial charge in [0.15, 0.2) is 12.6 Å². The van der Waals surface area contributed by atoms with Crippen LogP contribution in [0.15, 0.2) is 42.5 Å². The van der Waals surface area contributed by atoms with Gasteiger partial charge in [0.05, 0.1) is 12.2 Å². The number of benzene rings is 1. The Balaban J connectivity index is 1.81. The SMILES string of the molecule is Cc1ccc(N(Cc2ccccc2)CC2OC(C)O2)c(N)n1. The van der Waals surface area contributed by atoms with Crippen LogP contribution in [-0.2, 0) is 16.0 Å². The van der Waals surface area contributed by atoms with Gasteiger partial charge in [-0.1, -0.05) is 30.3 Å². The van der Waals surface area contributed by atoms with E-state index in [-0.39, 0.29) is 12.6 Å². The highest BCUT2D eigenvalue weighted by Gasteiger charge is 2.29. The largest absolute Gasteiger partial charge is 0.382 e. The first kappa shape index (κ1) is 14.8. The van der Waals surface area contributed by atoms with Gasteiger partial charge in [0.25, 0.3) is 0 Å². The topological polar surface area (TPSA) is 60.6 Å². The molecule has 0 spiro atoms. The van der Waals surface area contributed by atoms with E-state index >= 15 is 0 Å². The highest BCUT2D eigenvalue weighted by Crippen LogP contribution is 2.26. The molecule has 0 aliphatic carbocycles. The molecule has 1 saturated heterocycles. The smallest absolute Gasteiger partial charge is 0.181 e. The van der Waals surface area contributed by atoms with Gasteiger partial charge in [0.2, 0.25) is 0 Å². The van der Waals surface area contributed by atoms with Crippen LogP contribution in [0.25, 0.3) is 0 Å². The van der Waals surface area contributed by atoms with Gasteiger partial charge in [0.1, 0.15) is 5.82 Å². The summed E-state index contributed by atoms with van der Waals surface area (Å²) in [4.78, 5) is 6.50. The van der Waals surface area contributed by atoms with Gasteiger partial charge in [-0.15, -0.1) is 0 Å². The van der Waals surface area contributed by atoms with Gasteiger partial charge in [-0.25, -0.2) is 4.98 Å². The number of nitrogens with two attached hydrogens (primary N) is 1. The Morgan fingerprint density at radius 3 is 2.50 bits per heavy atom. The third-order valence-electron chi connectivity index (χ3n) is 3.65.